The van der Waals surface area contributed by atoms with Gasteiger partial charge < -0.3 is 0 Å². The van der Waals surface area contributed by atoms with Gasteiger partial charge in [-0.1, -0.05) is 23.7 Å². The topological polar surface area (TPSA) is 52.0 Å². The summed E-state index contributed by atoms with van der Waals surface area (Å²) < 4.78 is 13.9. The van der Waals surface area contributed by atoms with E-state index in [9.17, 15) is 14.0 Å². The summed E-state index contributed by atoms with van der Waals surface area (Å²) in [5, 5.41) is 0.286. The number of aromatic nitrogens is 2. The van der Waals surface area contributed by atoms with E-state index in [1.54, 1.807) is 0 Å². The standard InChI is InChI=1S/C13H10ClFN2O2/c14-10-6-16-13(19)17(7-10)8-12(18)5-9-1-3-11(15)4-2-9/h1-4,6-7H,5,8H2. The van der Waals surface area contributed by atoms with Crippen LogP contribution in [0, 0.1) is 5.82 Å². The monoisotopic (exact) mass is 280 g/mol. The molecule has 0 saturated carbocycles. The van der Waals surface area contributed by atoms with E-state index in [0.717, 1.165) is 4.57 Å². The van der Waals surface area contributed by atoms with Crippen molar-refractivity contribution in [3.05, 3.63) is 63.5 Å². The maximum atomic E-state index is 12.7. The molecule has 2 rings (SSSR count). The summed E-state index contributed by atoms with van der Waals surface area (Å²) in [7, 11) is 0. The number of hydrogen-bond donors (Lipinski definition) is 0. The molecule has 0 aliphatic carbocycles. The first-order valence-electron chi connectivity index (χ1n) is 5.53. The smallest absolute Gasteiger partial charge is 0.297 e. The minimum atomic E-state index is -0.531. The van der Waals surface area contributed by atoms with Crippen molar-refractivity contribution >= 4 is 17.4 Å². The Labute approximate surface area is 113 Å². The van der Waals surface area contributed by atoms with Crippen LogP contribution in [0.2, 0.25) is 5.02 Å². The summed E-state index contributed by atoms with van der Waals surface area (Å²) in [5.74, 6) is -0.538. The fraction of sp³-hybridized carbons (Fsp3) is 0.154. The lowest BCUT2D eigenvalue weighted by molar-refractivity contribution is -0.119. The molecule has 0 fully saturated rings. The highest BCUT2D eigenvalue weighted by Crippen LogP contribution is 2.05. The van der Waals surface area contributed by atoms with Gasteiger partial charge in [-0.2, -0.15) is 0 Å². The van der Waals surface area contributed by atoms with E-state index in [1.807, 2.05) is 0 Å². The number of hydrogen-bond acceptors (Lipinski definition) is 3. The molecular formula is C13H10ClFN2O2. The fourth-order valence-corrected chi connectivity index (χ4v) is 1.78. The molecule has 2 aromatic rings. The van der Waals surface area contributed by atoms with Crippen molar-refractivity contribution in [3.8, 4) is 0 Å². The molecule has 19 heavy (non-hydrogen) atoms. The van der Waals surface area contributed by atoms with Crippen molar-refractivity contribution < 1.29 is 9.18 Å². The van der Waals surface area contributed by atoms with Gasteiger partial charge in [0, 0.05) is 12.6 Å². The first kappa shape index (κ1) is 13.4. The van der Waals surface area contributed by atoms with Crippen molar-refractivity contribution in [2.75, 3.05) is 0 Å². The van der Waals surface area contributed by atoms with Crippen molar-refractivity contribution in [3.63, 3.8) is 0 Å². The Morgan fingerprint density at radius 3 is 2.68 bits per heavy atom. The number of Topliss-reactive ketones (excluding diaryl/α,β-unsaturated/α-hetero) is 1. The highest BCUT2D eigenvalue weighted by molar-refractivity contribution is 6.30. The van der Waals surface area contributed by atoms with E-state index >= 15 is 0 Å². The van der Waals surface area contributed by atoms with Crippen LogP contribution in [0.15, 0.2) is 41.5 Å². The summed E-state index contributed by atoms with van der Waals surface area (Å²) in [5.41, 5.74) is 0.159. The lowest BCUT2D eigenvalue weighted by Gasteiger charge is -2.04. The molecule has 6 heteroatoms. The number of ketones is 1. The van der Waals surface area contributed by atoms with Crippen molar-refractivity contribution in [1.29, 1.82) is 0 Å². The molecule has 0 aliphatic heterocycles. The van der Waals surface area contributed by atoms with Crippen LogP contribution in [0.1, 0.15) is 5.56 Å². The quantitative estimate of drug-likeness (QED) is 0.859. The molecular weight excluding hydrogens is 271 g/mol. The number of carbonyl (C=O) groups excluding carboxylic acids is 1. The first-order chi connectivity index (χ1) is 9.04. The highest BCUT2D eigenvalue weighted by Gasteiger charge is 2.07. The van der Waals surface area contributed by atoms with Gasteiger partial charge in [-0.05, 0) is 17.7 Å². The van der Waals surface area contributed by atoms with E-state index < -0.39 is 5.69 Å². The molecule has 0 aliphatic rings. The van der Waals surface area contributed by atoms with Crippen LogP contribution in [-0.2, 0) is 17.8 Å². The zero-order valence-corrected chi connectivity index (χ0v) is 10.6. The van der Waals surface area contributed by atoms with E-state index in [4.69, 9.17) is 11.6 Å². The van der Waals surface area contributed by atoms with Gasteiger partial charge in [0.05, 0.1) is 17.8 Å². The van der Waals surface area contributed by atoms with Gasteiger partial charge in [0.15, 0.2) is 5.78 Å². The van der Waals surface area contributed by atoms with Gasteiger partial charge in [-0.15, -0.1) is 0 Å². The van der Waals surface area contributed by atoms with Crippen LogP contribution < -0.4 is 5.69 Å². The lowest BCUT2D eigenvalue weighted by Crippen LogP contribution is -2.26. The van der Waals surface area contributed by atoms with Gasteiger partial charge in [0.2, 0.25) is 0 Å². The van der Waals surface area contributed by atoms with Crippen molar-refractivity contribution in [2.24, 2.45) is 0 Å². The molecule has 0 spiro atoms. The van der Waals surface area contributed by atoms with Crippen LogP contribution in [0.25, 0.3) is 0 Å². The second-order valence-electron chi connectivity index (χ2n) is 4.02. The number of halogens is 2. The van der Waals surface area contributed by atoms with Crippen molar-refractivity contribution in [1.82, 2.24) is 9.55 Å². The average Bonchev–Trinajstić information content (AvgIpc) is 2.37. The maximum absolute atomic E-state index is 12.7. The Kier molecular flexibility index (Phi) is 4.06. The second-order valence-corrected chi connectivity index (χ2v) is 4.46. The van der Waals surface area contributed by atoms with Crippen LogP contribution in [0.3, 0.4) is 0 Å². The molecule has 0 bridgehead atoms. The van der Waals surface area contributed by atoms with Crippen molar-refractivity contribution in [2.45, 2.75) is 13.0 Å². The Hall–Kier alpha value is -2.01. The fourth-order valence-electron chi connectivity index (χ4n) is 1.62. The molecule has 98 valence electrons. The summed E-state index contributed by atoms with van der Waals surface area (Å²) in [6.45, 7) is -0.107. The van der Waals surface area contributed by atoms with E-state index in [-0.39, 0.29) is 29.6 Å². The second kappa shape index (κ2) is 5.75. The normalized spacial score (nSPS) is 10.4. The third kappa shape index (κ3) is 3.72. The van der Waals surface area contributed by atoms with Gasteiger partial charge in [-0.25, -0.2) is 14.2 Å². The minimum absolute atomic E-state index is 0.107. The number of carbonyl (C=O) groups is 1. The third-order valence-electron chi connectivity index (χ3n) is 2.48. The summed E-state index contributed by atoms with van der Waals surface area (Å²) in [4.78, 5) is 26.7. The lowest BCUT2D eigenvalue weighted by atomic mass is 10.1. The van der Waals surface area contributed by atoms with Crippen LogP contribution in [-0.4, -0.2) is 15.3 Å². The van der Waals surface area contributed by atoms with Crippen LogP contribution in [0.4, 0.5) is 4.39 Å². The number of nitrogens with zero attached hydrogens (tertiary/aromatic N) is 2. The molecule has 0 radical (unpaired) electrons. The third-order valence-corrected chi connectivity index (χ3v) is 2.68. The highest BCUT2D eigenvalue weighted by atomic mass is 35.5. The number of rotatable bonds is 4. The zero-order valence-electron chi connectivity index (χ0n) is 9.85. The Bertz CT molecular complexity index is 652. The van der Waals surface area contributed by atoms with E-state index in [2.05, 4.69) is 4.98 Å². The predicted molar refractivity (Wildman–Crippen MR) is 68.6 cm³/mol. The Balaban J connectivity index is 2.07. The van der Waals surface area contributed by atoms with Gasteiger partial charge in [-0.3, -0.25) is 9.36 Å². The largest absolute Gasteiger partial charge is 0.348 e. The average molecular weight is 281 g/mol. The minimum Gasteiger partial charge on any atom is -0.297 e. The molecule has 1 heterocycles. The summed E-state index contributed by atoms with van der Waals surface area (Å²) in [6, 6.07) is 5.64. The zero-order chi connectivity index (χ0) is 13.8. The Morgan fingerprint density at radius 1 is 1.32 bits per heavy atom. The maximum Gasteiger partial charge on any atom is 0.348 e. The van der Waals surface area contributed by atoms with Crippen LogP contribution in [0.5, 0.6) is 0 Å². The Morgan fingerprint density at radius 2 is 2.00 bits per heavy atom. The molecule has 1 aromatic heterocycles. The molecule has 1 aromatic carbocycles. The molecule has 0 N–H and O–H groups in total. The predicted octanol–water partition coefficient (Wildman–Crippen LogP) is 1.85. The van der Waals surface area contributed by atoms with E-state index in [1.165, 1.54) is 36.7 Å². The molecule has 0 saturated heterocycles. The van der Waals surface area contributed by atoms with Gasteiger partial charge in [0.25, 0.3) is 0 Å². The van der Waals surface area contributed by atoms with Gasteiger partial charge >= 0.3 is 5.69 Å². The molecule has 0 atom stereocenters. The number of benzene rings is 1. The van der Waals surface area contributed by atoms with E-state index in [0.29, 0.717) is 5.56 Å². The molecule has 0 amide bonds. The molecule has 0 unspecified atom stereocenters. The molecule has 4 nitrogen and oxygen atoms in total. The SMILES string of the molecule is O=C(Cc1ccc(F)cc1)Cn1cc(Cl)cnc1=O. The first-order valence-corrected chi connectivity index (χ1v) is 5.90. The van der Waals surface area contributed by atoms with Gasteiger partial charge in [0.1, 0.15) is 5.82 Å². The summed E-state index contributed by atoms with van der Waals surface area (Å²) in [6.07, 6.45) is 2.71. The van der Waals surface area contributed by atoms with Crippen LogP contribution >= 0.6 is 11.6 Å². The summed E-state index contributed by atoms with van der Waals surface area (Å²) >= 11 is 5.70.